The molecule has 1 atom stereocenters. The fourth-order valence-corrected chi connectivity index (χ4v) is 1.93. The van der Waals surface area contributed by atoms with Crippen LogP contribution in [0.25, 0.3) is 10.8 Å². The molecular formula is C16H20N2O2. The molecule has 0 spiro atoms. The van der Waals surface area contributed by atoms with Crippen LogP contribution in [0.2, 0.25) is 0 Å². The third-order valence-electron chi connectivity index (χ3n) is 2.83. The molecule has 20 heavy (non-hydrogen) atoms. The summed E-state index contributed by atoms with van der Waals surface area (Å²) in [7, 11) is 0. The van der Waals surface area contributed by atoms with Gasteiger partial charge in [0.1, 0.15) is 11.6 Å². The van der Waals surface area contributed by atoms with Crippen molar-refractivity contribution in [3.05, 3.63) is 42.2 Å². The number of esters is 1. The highest BCUT2D eigenvalue weighted by Crippen LogP contribution is 2.15. The molecule has 2 N–H and O–H groups in total. The van der Waals surface area contributed by atoms with Gasteiger partial charge in [0.25, 0.3) is 0 Å². The van der Waals surface area contributed by atoms with E-state index >= 15 is 0 Å². The van der Waals surface area contributed by atoms with E-state index in [0.29, 0.717) is 6.42 Å². The third-order valence-corrected chi connectivity index (χ3v) is 2.83. The van der Waals surface area contributed by atoms with E-state index in [1.165, 1.54) is 0 Å². The Bertz CT molecular complexity index is 617. The third kappa shape index (κ3) is 3.78. The van der Waals surface area contributed by atoms with Crippen molar-refractivity contribution in [2.24, 2.45) is 5.73 Å². The van der Waals surface area contributed by atoms with Crippen LogP contribution >= 0.6 is 0 Å². The van der Waals surface area contributed by atoms with Crippen LogP contribution in [0.15, 0.2) is 36.5 Å². The lowest BCUT2D eigenvalue weighted by Gasteiger charge is -2.22. The summed E-state index contributed by atoms with van der Waals surface area (Å²) in [4.78, 5) is 16.2. The molecule has 1 aromatic carbocycles. The van der Waals surface area contributed by atoms with Crippen molar-refractivity contribution >= 4 is 16.7 Å². The summed E-state index contributed by atoms with van der Waals surface area (Å²) in [6.45, 7) is 5.48. The quantitative estimate of drug-likeness (QED) is 0.872. The van der Waals surface area contributed by atoms with E-state index < -0.39 is 17.6 Å². The number of pyridine rings is 1. The topological polar surface area (TPSA) is 65.2 Å². The molecule has 0 fully saturated rings. The molecular weight excluding hydrogens is 252 g/mol. The van der Waals surface area contributed by atoms with Crippen LogP contribution in [0.3, 0.4) is 0 Å². The predicted molar refractivity (Wildman–Crippen MR) is 79.3 cm³/mol. The second-order valence-corrected chi connectivity index (χ2v) is 5.87. The minimum atomic E-state index is -0.692. The lowest BCUT2D eigenvalue weighted by atomic mass is 10.1. The number of ether oxygens (including phenoxy) is 1. The molecule has 1 heterocycles. The number of carbonyl (C=O) groups excluding carboxylic acids is 1. The van der Waals surface area contributed by atoms with Gasteiger partial charge in [-0.3, -0.25) is 9.78 Å². The second-order valence-electron chi connectivity index (χ2n) is 5.87. The van der Waals surface area contributed by atoms with E-state index in [-0.39, 0.29) is 0 Å². The Morgan fingerprint density at radius 1 is 1.30 bits per heavy atom. The Balaban J connectivity index is 2.09. The van der Waals surface area contributed by atoms with Crippen LogP contribution in [-0.4, -0.2) is 22.6 Å². The number of fused-ring (bicyclic) bond motifs is 1. The summed E-state index contributed by atoms with van der Waals surface area (Å²) >= 11 is 0. The summed E-state index contributed by atoms with van der Waals surface area (Å²) in [5, 5.41) is 2.16. The fourth-order valence-electron chi connectivity index (χ4n) is 1.93. The van der Waals surface area contributed by atoms with E-state index in [1.807, 2.05) is 51.1 Å². The van der Waals surface area contributed by atoms with E-state index in [0.717, 1.165) is 16.5 Å². The molecule has 0 aliphatic carbocycles. The first-order valence-corrected chi connectivity index (χ1v) is 6.67. The number of benzene rings is 1. The second kappa shape index (κ2) is 5.59. The van der Waals surface area contributed by atoms with Crippen LogP contribution in [-0.2, 0) is 16.0 Å². The van der Waals surface area contributed by atoms with E-state index in [4.69, 9.17) is 10.5 Å². The molecule has 0 aliphatic rings. The Hall–Kier alpha value is -1.94. The molecule has 2 rings (SSSR count). The first kappa shape index (κ1) is 14.5. The number of hydrogen-bond donors (Lipinski definition) is 1. The van der Waals surface area contributed by atoms with E-state index in [1.54, 1.807) is 6.20 Å². The highest BCUT2D eigenvalue weighted by Gasteiger charge is 2.22. The fraction of sp³-hybridized carbons (Fsp3) is 0.375. The van der Waals surface area contributed by atoms with Crippen molar-refractivity contribution in [2.45, 2.75) is 38.8 Å². The smallest absolute Gasteiger partial charge is 0.323 e. The number of nitrogens with two attached hydrogens (primary N) is 1. The van der Waals surface area contributed by atoms with Gasteiger partial charge in [0, 0.05) is 23.7 Å². The zero-order valence-corrected chi connectivity index (χ0v) is 12.1. The molecule has 4 nitrogen and oxygen atoms in total. The largest absolute Gasteiger partial charge is 0.459 e. The standard InChI is InChI=1S/C16H20N2O2/c1-16(2,3)20-15(19)14(17)9-13-8-11-6-4-5-7-12(11)10-18-13/h4-8,10,14H,9,17H2,1-3H3/t14-/m0/s1. The van der Waals surface area contributed by atoms with Crippen molar-refractivity contribution < 1.29 is 9.53 Å². The molecule has 0 radical (unpaired) electrons. The summed E-state index contributed by atoms with van der Waals surface area (Å²) in [6, 6.07) is 9.22. The highest BCUT2D eigenvalue weighted by molar-refractivity contribution is 5.82. The number of aromatic nitrogens is 1. The van der Waals surface area contributed by atoms with Gasteiger partial charge in [-0.2, -0.15) is 0 Å². The number of carbonyl (C=O) groups is 1. The maximum atomic E-state index is 11.9. The molecule has 0 amide bonds. The first-order valence-electron chi connectivity index (χ1n) is 6.67. The molecule has 2 aromatic rings. The van der Waals surface area contributed by atoms with Gasteiger partial charge >= 0.3 is 5.97 Å². The molecule has 0 saturated heterocycles. The number of hydrogen-bond acceptors (Lipinski definition) is 4. The average Bonchev–Trinajstić information content (AvgIpc) is 2.36. The maximum absolute atomic E-state index is 11.9. The van der Waals surface area contributed by atoms with Crippen molar-refractivity contribution in [3.63, 3.8) is 0 Å². The van der Waals surface area contributed by atoms with E-state index in [9.17, 15) is 4.79 Å². The van der Waals surface area contributed by atoms with Gasteiger partial charge in [-0.15, -0.1) is 0 Å². The molecule has 0 bridgehead atoms. The van der Waals surface area contributed by atoms with Gasteiger partial charge in [0.05, 0.1) is 0 Å². The minimum Gasteiger partial charge on any atom is -0.459 e. The molecule has 1 aromatic heterocycles. The average molecular weight is 272 g/mol. The van der Waals surface area contributed by atoms with Crippen molar-refractivity contribution in [1.29, 1.82) is 0 Å². The zero-order valence-electron chi connectivity index (χ0n) is 12.1. The number of nitrogens with zero attached hydrogens (tertiary/aromatic N) is 1. The Morgan fingerprint density at radius 2 is 1.95 bits per heavy atom. The lowest BCUT2D eigenvalue weighted by molar-refractivity contribution is -0.156. The summed E-state index contributed by atoms with van der Waals surface area (Å²) in [5.41, 5.74) is 6.16. The molecule has 0 saturated carbocycles. The molecule has 0 unspecified atom stereocenters. The molecule has 0 aliphatic heterocycles. The number of rotatable bonds is 3. The van der Waals surface area contributed by atoms with Crippen LogP contribution in [0.5, 0.6) is 0 Å². The molecule has 106 valence electrons. The first-order chi connectivity index (χ1) is 9.35. The van der Waals surface area contributed by atoms with Crippen molar-refractivity contribution in [3.8, 4) is 0 Å². The highest BCUT2D eigenvalue weighted by atomic mass is 16.6. The van der Waals surface area contributed by atoms with Crippen LogP contribution < -0.4 is 5.73 Å². The predicted octanol–water partition coefficient (Wildman–Crippen LogP) is 2.45. The van der Waals surface area contributed by atoms with Gasteiger partial charge in [0.2, 0.25) is 0 Å². The summed E-state index contributed by atoms with van der Waals surface area (Å²) < 4.78 is 5.27. The normalized spacial score (nSPS) is 13.2. The van der Waals surface area contributed by atoms with Crippen molar-refractivity contribution in [1.82, 2.24) is 4.98 Å². The van der Waals surface area contributed by atoms with Crippen LogP contribution in [0.4, 0.5) is 0 Å². The summed E-state index contributed by atoms with van der Waals surface area (Å²) in [5.74, 6) is -0.396. The Labute approximate surface area is 119 Å². The van der Waals surface area contributed by atoms with Crippen molar-refractivity contribution in [2.75, 3.05) is 0 Å². The van der Waals surface area contributed by atoms with Gasteiger partial charge < -0.3 is 10.5 Å². The zero-order chi connectivity index (χ0) is 14.8. The SMILES string of the molecule is CC(C)(C)OC(=O)[C@@H](N)Cc1cc2ccccc2cn1. The van der Waals surface area contributed by atoms with Gasteiger partial charge in [-0.25, -0.2) is 0 Å². The van der Waals surface area contributed by atoms with Crippen LogP contribution in [0.1, 0.15) is 26.5 Å². The lowest BCUT2D eigenvalue weighted by Crippen LogP contribution is -2.39. The summed E-state index contributed by atoms with van der Waals surface area (Å²) in [6.07, 6.45) is 2.17. The van der Waals surface area contributed by atoms with Gasteiger partial charge in [-0.1, -0.05) is 24.3 Å². The molecule has 4 heteroatoms. The minimum absolute atomic E-state index is 0.375. The maximum Gasteiger partial charge on any atom is 0.323 e. The Morgan fingerprint density at radius 3 is 2.60 bits per heavy atom. The Kier molecular flexibility index (Phi) is 4.04. The van der Waals surface area contributed by atoms with E-state index in [2.05, 4.69) is 4.98 Å². The van der Waals surface area contributed by atoms with Gasteiger partial charge in [0.15, 0.2) is 0 Å². The monoisotopic (exact) mass is 272 g/mol. The van der Waals surface area contributed by atoms with Crippen LogP contribution in [0, 0.1) is 0 Å². The van der Waals surface area contributed by atoms with Gasteiger partial charge in [-0.05, 0) is 32.2 Å².